The summed E-state index contributed by atoms with van der Waals surface area (Å²) < 4.78 is 0. The van der Waals surface area contributed by atoms with E-state index in [-0.39, 0.29) is 0 Å². The van der Waals surface area contributed by atoms with E-state index in [2.05, 4.69) is 63.4 Å². The van der Waals surface area contributed by atoms with Crippen molar-refractivity contribution in [2.45, 2.75) is 33.4 Å². The summed E-state index contributed by atoms with van der Waals surface area (Å²) in [5.41, 5.74) is 2.54. The minimum atomic E-state index is 1.25. The van der Waals surface area contributed by atoms with Crippen molar-refractivity contribution in [3.8, 4) is 0 Å². The van der Waals surface area contributed by atoms with Gasteiger partial charge in [0.25, 0.3) is 0 Å². The van der Waals surface area contributed by atoms with Crippen LogP contribution in [0.1, 0.15) is 11.1 Å². The fourth-order valence-electron chi connectivity index (χ4n) is 1.88. The van der Waals surface area contributed by atoms with E-state index in [1.165, 1.54) is 30.7 Å². The van der Waals surface area contributed by atoms with Crippen LogP contribution in [0.3, 0.4) is 0 Å². The molecule has 0 fully saturated rings. The van der Waals surface area contributed by atoms with Gasteiger partial charge in [-0.05, 0) is 60.1 Å². The zero-order valence-electron chi connectivity index (χ0n) is 12.3. The van der Waals surface area contributed by atoms with Crippen molar-refractivity contribution >= 4 is 35.3 Å². The molecule has 0 saturated carbocycles. The number of hydrogen-bond donors (Lipinski definition) is 0. The summed E-state index contributed by atoms with van der Waals surface area (Å²) in [6.07, 6.45) is 0. The van der Waals surface area contributed by atoms with Gasteiger partial charge in [-0.15, -0.1) is 0 Å². The number of rotatable bonds is 6. The largest absolute Gasteiger partial charge is 0.0975 e. The minimum Gasteiger partial charge on any atom is -0.0975 e. The van der Waals surface area contributed by atoms with Crippen molar-refractivity contribution in [3.63, 3.8) is 0 Å². The van der Waals surface area contributed by atoms with Crippen molar-refractivity contribution < 1.29 is 0 Å². The third-order valence-electron chi connectivity index (χ3n) is 2.84. The Morgan fingerprint density at radius 1 is 0.714 bits per heavy atom. The van der Waals surface area contributed by atoms with Crippen molar-refractivity contribution in [2.75, 3.05) is 0 Å². The number of hydrogen-bond acceptors (Lipinski definition) is 3. The lowest BCUT2D eigenvalue weighted by molar-refractivity contribution is 1.18. The third-order valence-corrected chi connectivity index (χ3v) is 5.77. The van der Waals surface area contributed by atoms with Gasteiger partial charge in [0.15, 0.2) is 0 Å². The van der Waals surface area contributed by atoms with Crippen LogP contribution < -0.4 is 0 Å². The Hall–Kier alpha value is -1.03. The standard InChI is InChI=1S/C18H18S3/c1-5-19-17-11-13(3)7-9-15(17)21-16-10-8-14(4)12-18(16)20-6-2/h5-12H,1-2H2,3-4H3. The molecule has 3 heteroatoms. The summed E-state index contributed by atoms with van der Waals surface area (Å²) in [5.74, 6) is 0. The lowest BCUT2D eigenvalue weighted by Gasteiger charge is -2.11. The monoisotopic (exact) mass is 330 g/mol. The lowest BCUT2D eigenvalue weighted by Crippen LogP contribution is -1.84. The molecule has 0 nitrogen and oxygen atoms in total. The second-order valence-electron chi connectivity index (χ2n) is 4.57. The maximum Gasteiger partial charge on any atom is 0.0262 e. The van der Waals surface area contributed by atoms with Crippen LogP contribution in [-0.4, -0.2) is 0 Å². The van der Waals surface area contributed by atoms with E-state index < -0.39 is 0 Å². The van der Waals surface area contributed by atoms with Gasteiger partial charge in [-0.25, -0.2) is 0 Å². The molecule has 0 aromatic heterocycles. The molecule has 2 rings (SSSR count). The molecular formula is C18H18S3. The Kier molecular flexibility index (Phi) is 6.09. The Labute approximate surface area is 140 Å². The van der Waals surface area contributed by atoms with E-state index in [1.807, 2.05) is 10.8 Å². The van der Waals surface area contributed by atoms with Gasteiger partial charge in [0.2, 0.25) is 0 Å². The van der Waals surface area contributed by atoms with Gasteiger partial charge in [0, 0.05) is 19.6 Å². The quantitative estimate of drug-likeness (QED) is 0.527. The fraction of sp³-hybridized carbons (Fsp3) is 0.111. The highest BCUT2D eigenvalue weighted by atomic mass is 32.2. The summed E-state index contributed by atoms with van der Waals surface area (Å²) in [6.45, 7) is 11.9. The molecule has 0 aliphatic rings. The molecule has 0 saturated heterocycles. The maximum absolute atomic E-state index is 3.83. The SMILES string of the molecule is C=CSc1cc(C)ccc1Sc1ccc(C)cc1SC=C. The molecule has 0 atom stereocenters. The van der Waals surface area contributed by atoms with Gasteiger partial charge in [0.1, 0.15) is 0 Å². The van der Waals surface area contributed by atoms with Gasteiger partial charge in [-0.3, -0.25) is 0 Å². The lowest BCUT2D eigenvalue weighted by atomic mass is 10.2. The molecular weight excluding hydrogens is 312 g/mol. The van der Waals surface area contributed by atoms with Crippen LogP contribution in [0.15, 0.2) is 80.0 Å². The zero-order valence-corrected chi connectivity index (χ0v) is 14.7. The van der Waals surface area contributed by atoms with E-state index in [0.29, 0.717) is 0 Å². The second kappa shape index (κ2) is 7.83. The zero-order chi connectivity index (χ0) is 15.2. The first-order chi connectivity index (χ1) is 10.1. The van der Waals surface area contributed by atoms with Gasteiger partial charge in [0.05, 0.1) is 0 Å². The van der Waals surface area contributed by atoms with E-state index >= 15 is 0 Å². The van der Waals surface area contributed by atoms with Crippen LogP contribution in [0.2, 0.25) is 0 Å². The van der Waals surface area contributed by atoms with E-state index in [1.54, 1.807) is 35.3 Å². The first kappa shape index (κ1) is 16.3. The average molecular weight is 331 g/mol. The molecule has 21 heavy (non-hydrogen) atoms. The Balaban J connectivity index is 2.37. The molecule has 2 aromatic rings. The molecule has 0 amide bonds. The van der Waals surface area contributed by atoms with Crippen LogP contribution in [0.5, 0.6) is 0 Å². The molecule has 0 heterocycles. The molecule has 0 aliphatic carbocycles. The fourth-order valence-corrected chi connectivity index (χ4v) is 4.48. The average Bonchev–Trinajstić information content (AvgIpc) is 2.45. The van der Waals surface area contributed by atoms with E-state index in [9.17, 15) is 0 Å². The van der Waals surface area contributed by atoms with Crippen LogP contribution in [0.4, 0.5) is 0 Å². The molecule has 2 aromatic carbocycles. The number of aryl methyl sites for hydroxylation is 2. The van der Waals surface area contributed by atoms with Crippen molar-refractivity contribution in [3.05, 3.63) is 71.5 Å². The summed E-state index contributed by atoms with van der Waals surface area (Å²) >= 11 is 5.15. The van der Waals surface area contributed by atoms with E-state index in [4.69, 9.17) is 0 Å². The van der Waals surface area contributed by atoms with Crippen molar-refractivity contribution in [1.82, 2.24) is 0 Å². The normalized spacial score (nSPS) is 10.4. The van der Waals surface area contributed by atoms with Crippen molar-refractivity contribution in [2.24, 2.45) is 0 Å². The van der Waals surface area contributed by atoms with Gasteiger partial charge in [-0.1, -0.05) is 60.6 Å². The smallest absolute Gasteiger partial charge is 0.0262 e. The van der Waals surface area contributed by atoms with Crippen molar-refractivity contribution in [1.29, 1.82) is 0 Å². The maximum atomic E-state index is 3.83. The van der Waals surface area contributed by atoms with E-state index in [0.717, 1.165) is 0 Å². The second-order valence-corrected chi connectivity index (χ2v) is 7.67. The first-order valence-electron chi connectivity index (χ1n) is 6.58. The molecule has 0 unspecified atom stereocenters. The molecule has 0 spiro atoms. The van der Waals surface area contributed by atoms with Gasteiger partial charge in [-0.2, -0.15) is 0 Å². The van der Waals surface area contributed by atoms with Crippen LogP contribution >= 0.6 is 35.3 Å². The summed E-state index contributed by atoms with van der Waals surface area (Å²) in [6, 6.07) is 13.1. The highest BCUT2D eigenvalue weighted by molar-refractivity contribution is 8.05. The molecule has 0 aliphatic heterocycles. The predicted octanol–water partition coefficient (Wildman–Crippen LogP) is 6.93. The minimum absolute atomic E-state index is 1.25. The summed E-state index contributed by atoms with van der Waals surface area (Å²) in [5, 5.41) is 3.76. The number of benzene rings is 2. The molecule has 0 N–H and O–H groups in total. The molecule has 108 valence electrons. The van der Waals surface area contributed by atoms with Gasteiger partial charge >= 0.3 is 0 Å². The topological polar surface area (TPSA) is 0 Å². The molecule has 0 bridgehead atoms. The summed E-state index contributed by atoms with van der Waals surface area (Å²) in [4.78, 5) is 5.04. The predicted molar refractivity (Wildman–Crippen MR) is 98.6 cm³/mol. The van der Waals surface area contributed by atoms with Crippen LogP contribution in [0, 0.1) is 13.8 Å². The van der Waals surface area contributed by atoms with Gasteiger partial charge < -0.3 is 0 Å². The Morgan fingerprint density at radius 2 is 1.14 bits per heavy atom. The highest BCUT2D eigenvalue weighted by Crippen LogP contribution is 2.40. The Bertz CT molecular complexity index is 602. The molecule has 0 radical (unpaired) electrons. The van der Waals surface area contributed by atoms with Crippen LogP contribution in [0.25, 0.3) is 0 Å². The third kappa shape index (κ3) is 4.47. The highest BCUT2D eigenvalue weighted by Gasteiger charge is 2.09. The summed E-state index contributed by atoms with van der Waals surface area (Å²) in [7, 11) is 0. The Morgan fingerprint density at radius 3 is 1.52 bits per heavy atom. The van der Waals surface area contributed by atoms with Crippen LogP contribution in [-0.2, 0) is 0 Å². The number of thioether (sulfide) groups is 2. The first-order valence-corrected chi connectivity index (χ1v) is 9.16.